The van der Waals surface area contributed by atoms with E-state index in [9.17, 15) is 0 Å². The van der Waals surface area contributed by atoms with E-state index in [0.717, 1.165) is 11.3 Å². The highest BCUT2D eigenvalue weighted by Gasteiger charge is 2.05. The summed E-state index contributed by atoms with van der Waals surface area (Å²) in [7, 11) is 0. The van der Waals surface area contributed by atoms with Crippen molar-refractivity contribution in [3.63, 3.8) is 0 Å². The molecule has 0 unspecified atom stereocenters. The first-order chi connectivity index (χ1) is 11.8. The molecular weight excluding hydrogens is 300 g/mol. The molecule has 0 fully saturated rings. The van der Waals surface area contributed by atoms with Crippen LogP contribution in [0.4, 0.5) is 5.69 Å². The summed E-state index contributed by atoms with van der Waals surface area (Å²) in [5.74, 6) is 0.960. The first-order valence-electron chi connectivity index (χ1n) is 7.51. The van der Waals surface area contributed by atoms with Crippen molar-refractivity contribution in [2.24, 2.45) is 0 Å². The number of nitrogens with zero attached hydrogens (tertiary/aromatic N) is 2. The number of rotatable bonds is 6. The van der Waals surface area contributed by atoms with Crippen molar-refractivity contribution in [3.05, 3.63) is 84.1 Å². The van der Waals surface area contributed by atoms with Gasteiger partial charge >= 0.3 is 0 Å². The van der Waals surface area contributed by atoms with Crippen molar-refractivity contribution in [3.8, 4) is 17.7 Å². The highest BCUT2D eigenvalue weighted by Crippen LogP contribution is 2.22. The maximum Gasteiger partial charge on any atom is 0.237 e. The quantitative estimate of drug-likeness (QED) is 0.676. The summed E-state index contributed by atoms with van der Waals surface area (Å²) in [5.41, 5.74) is 8.82. The third kappa shape index (κ3) is 4.09. The van der Waals surface area contributed by atoms with Gasteiger partial charge in [0.05, 0.1) is 0 Å². The first kappa shape index (κ1) is 15.5. The lowest BCUT2D eigenvalue weighted by Gasteiger charge is -2.09. The molecule has 0 amide bonds. The minimum Gasteiger partial charge on any atom is -0.438 e. The number of nitrogens with one attached hydrogen (secondary N) is 2. The van der Waals surface area contributed by atoms with Crippen LogP contribution in [0.25, 0.3) is 0 Å². The van der Waals surface area contributed by atoms with Crippen LogP contribution >= 0.6 is 0 Å². The lowest BCUT2D eigenvalue weighted by atomic mass is 10.2. The van der Waals surface area contributed by atoms with Crippen LogP contribution in [0.2, 0.25) is 0 Å². The molecule has 0 bridgehead atoms. The molecule has 3 rings (SSSR count). The van der Waals surface area contributed by atoms with Crippen molar-refractivity contribution in [2.75, 3.05) is 5.43 Å². The Balaban J connectivity index is 1.56. The molecule has 0 saturated carbocycles. The van der Waals surface area contributed by atoms with E-state index in [1.165, 1.54) is 0 Å². The zero-order valence-corrected chi connectivity index (χ0v) is 12.9. The van der Waals surface area contributed by atoms with Crippen LogP contribution in [0.1, 0.15) is 11.1 Å². The standard InChI is InChI=1S/C19H16N4O/c20-13-16-5-4-12-21-19(16)24-18-10-8-15(9-11-18)14-22-23-17-6-2-1-3-7-17/h1-12,22-23H,14H2. The van der Waals surface area contributed by atoms with Gasteiger partial charge in [0.15, 0.2) is 0 Å². The molecule has 1 heterocycles. The lowest BCUT2D eigenvalue weighted by molar-refractivity contribution is 0.461. The summed E-state index contributed by atoms with van der Waals surface area (Å²) in [6.07, 6.45) is 1.60. The molecule has 0 aliphatic rings. The van der Waals surface area contributed by atoms with Crippen LogP contribution < -0.4 is 15.6 Å². The Bertz CT molecular complexity index is 826. The van der Waals surface area contributed by atoms with Gasteiger partial charge < -0.3 is 10.2 Å². The van der Waals surface area contributed by atoms with Crippen LogP contribution in [0.3, 0.4) is 0 Å². The molecule has 0 spiro atoms. The molecule has 2 N–H and O–H groups in total. The summed E-state index contributed by atoms with van der Waals surface area (Å²) >= 11 is 0. The number of nitriles is 1. The largest absolute Gasteiger partial charge is 0.438 e. The Hall–Kier alpha value is -3.36. The zero-order valence-electron chi connectivity index (χ0n) is 12.9. The summed E-state index contributed by atoms with van der Waals surface area (Å²) < 4.78 is 5.66. The van der Waals surface area contributed by atoms with Gasteiger partial charge in [0.2, 0.25) is 5.88 Å². The van der Waals surface area contributed by atoms with Gasteiger partial charge in [-0.25, -0.2) is 10.4 Å². The number of para-hydroxylation sites is 1. The third-order valence-electron chi connectivity index (χ3n) is 3.33. The van der Waals surface area contributed by atoms with Crippen molar-refractivity contribution >= 4 is 5.69 Å². The van der Waals surface area contributed by atoms with Gasteiger partial charge in [0, 0.05) is 18.4 Å². The number of pyridine rings is 1. The monoisotopic (exact) mass is 316 g/mol. The number of ether oxygens (including phenoxy) is 1. The van der Waals surface area contributed by atoms with Crippen LogP contribution in [0, 0.1) is 11.3 Å². The predicted octanol–water partition coefficient (Wildman–Crippen LogP) is 3.86. The zero-order chi connectivity index (χ0) is 16.6. The second kappa shape index (κ2) is 7.77. The summed E-state index contributed by atoms with van der Waals surface area (Å²) in [6, 6.07) is 23.0. The normalized spacial score (nSPS) is 9.96. The molecule has 0 saturated heterocycles. The summed E-state index contributed by atoms with van der Waals surface area (Å²) in [5, 5.41) is 9.05. The number of hydrogen-bond acceptors (Lipinski definition) is 5. The van der Waals surface area contributed by atoms with E-state index < -0.39 is 0 Å². The smallest absolute Gasteiger partial charge is 0.237 e. The number of hydrogen-bond donors (Lipinski definition) is 2. The maximum atomic E-state index is 9.05. The molecule has 5 nitrogen and oxygen atoms in total. The average Bonchev–Trinajstić information content (AvgIpc) is 2.64. The molecule has 0 aliphatic carbocycles. The average molecular weight is 316 g/mol. The minimum atomic E-state index is 0.316. The van der Waals surface area contributed by atoms with Crippen molar-refractivity contribution < 1.29 is 4.74 Å². The first-order valence-corrected chi connectivity index (χ1v) is 7.51. The SMILES string of the molecule is N#Cc1cccnc1Oc1ccc(CNNc2ccccc2)cc1. The topological polar surface area (TPSA) is 70.0 Å². The lowest BCUT2D eigenvalue weighted by Crippen LogP contribution is -2.20. The van der Waals surface area contributed by atoms with E-state index in [-0.39, 0.29) is 0 Å². The van der Waals surface area contributed by atoms with Crippen molar-refractivity contribution in [1.29, 1.82) is 5.26 Å². The molecule has 2 aromatic carbocycles. The van der Waals surface area contributed by atoms with Crippen LogP contribution in [0.5, 0.6) is 11.6 Å². The van der Waals surface area contributed by atoms with Gasteiger partial charge in [-0.2, -0.15) is 5.26 Å². The van der Waals surface area contributed by atoms with E-state index in [1.54, 1.807) is 18.3 Å². The predicted molar refractivity (Wildman–Crippen MR) is 92.4 cm³/mol. The molecule has 118 valence electrons. The van der Waals surface area contributed by atoms with Crippen LogP contribution in [0.15, 0.2) is 72.9 Å². The maximum absolute atomic E-state index is 9.05. The van der Waals surface area contributed by atoms with Gasteiger partial charge in [-0.15, -0.1) is 0 Å². The summed E-state index contributed by atoms with van der Waals surface area (Å²) in [6.45, 7) is 0.669. The van der Waals surface area contributed by atoms with Gasteiger partial charge in [-0.3, -0.25) is 0 Å². The van der Waals surface area contributed by atoms with E-state index >= 15 is 0 Å². The highest BCUT2D eigenvalue weighted by molar-refractivity contribution is 5.42. The van der Waals surface area contributed by atoms with E-state index in [2.05, 4.69) is 21.9 Å². The second-order valence-corrected chi connectivity index (χ2v) is 5.06. The fourth-order valence-corrected chi connectivity index (χ4v) is 2.11. The van der Waals surface area contributed by atoms with Gasteiger partial charge in [0.25, 0.3) is 0 Å². The number of anilines is 1. The highest BCUT2D eigenvalue weighted by atomic mass is 16.5. The Morgan fingerprint density at radius 3 is 2.50 bits per heavy atom. The van der Waals surface area contributed by atoms with Crippen molar-refractivity contribution in [1.82, 2.24) is 10.4 Å². The van der Waals surface area contributed by atoms with E-state index in [1.807, 2.05) is 54.6 Å². The fraction of sp³-hybridized carbons (Fsp3) is 0.0526. The molecule has 0 atom stereocenters. The number of aromatic nitrogens is 1. The molecule has 5 heteroatoms. The Morgan fingerprint density at radius 1 is 0.958 bits per heavy atom. The van der Waals surface area contributed by atoms with E-state index in [0.29, 0.717) is 23.7 Å². The molecule has 0 aliphatic heterocycles. The van der Waals surface area contributed by atoms with Gasteiger partial charge in [-0.05, 0) is 42.0 Å². The Kier molecular flexibility index (Phi) is 5.03. The van der Waals surface area contributed by atoms with Crippen molar-refractivity contribution in [2.45, 2.75) is 6.54 Å². The molecular formula is C19H16N4O. The fourth-order valence-electron chi connectivity index (χ4n) is 2.11. The molecule has 1 aromatic heterocycles. The van der Waals surface area contributed by atoms with Gasteiger partial charge in [-0.1, -0.05) is 30.3 Å². The molecule has 24 heavy (non-hydrogen) atoms. The summed E-state index contributed by atoms with van der Waals surface area (Å²) in [4.78, 5) is 4.08. The second-order valence-electron chi connectivity index (χ2n) is 5.06. The molecule has 0 radical (unpaired) electrons. The molecule has 3 aromatic rings. The van der Waals surface area contributed by atoms with Gasteiger partial charge in [0.1, 0.15) is 17.4 Å². The third-order valence-corrected chi connectivity index (χ3v) is 3.33. The van der Waals surface area contributed by atoms with Crippen LogP contribution in [-0.4, -0.2) is 4.98 Å². The Labute approximate surface area is 140 Å². The number of benzene rings is 2. The van der Waals surface area contributed by atoms with Crippen LogP contribution in [-0.2, 0) is 6.54 Å². The minimum absolute atomic E-state index is 0.316. The van der Waals surface area contributed by atoms with E-state index in [4.69, 9.17) is 10.00 Å². The number of hydrazine groups is 1. The Morgan fingerprint density at radius 2 is 1.75 bits per heavy atom.